The van der Waals surface area contributed by atoms with Crippen LogP contribution < -0.4 is 24.8 Å². The highest BCUT2D eigenvalue weighted by molar-refractivity contribution is 5.93. The van der Waals surface area contributed by atoms with Gasteiger partial charge in [-0.15, -0.1) is 0 Å². The molecule has 158 valence electrons. The molecule has 1 heterocycles. The highest BCUT2D eigenvalue weighted by Crippen LogP contribution is 2.29. The smallest absolute Gasteiger partial charge is 0.422 e. The van der Waals surface area contributed by atoms with Gasteiger partial charge >= 0.3 is 6.18 Å². The van der Waals surface area contributed by atoms with Gasteiger partial charge in [-0.05, 0) is 24.6 Å². The molecule has 0 saturated carbocycles. The quantitative estimate of drug-likeness (QED) is 0.510. The molecule has 2 aromatic rings. The highest BCUT2D eigenvalue weighted by atomic mass is 19.4. The number of anilines is 1. The van der Waals surface area contributed by atoms with Gasteiger partial charge in [0, 0.05) is 30.6 Å². The number of alkyl halides is 3. The molecule has 0 aliphatic rings. The zero-order valence-corrected chi connectivity index (χ0v) is 16.3. The van der Waals surface area contributed by atoms with E-state index < -0.39 is 12.8 Å². The lowest BCUT2D eigenvalue weighted by Gasteiger charge is -2.14. The molecule has 0 spiro atoms. The molecule has 0 bridgehead atoms. The normalized spacial score (nSPS) is 11.7. The first-order valence-corrected chi connectivity index (χ1v) is 8.76. The Morgan fingerprint density at radius 2 is 1.86 bits per heavy atom. The summed E-state index contributed by atoms with van der Waals surface area (Å²) < 4.78 is 51.6. The molecule has 10 heteroatoms. The fourth-order valence-electron chi connectivity index (χ4n) is 2.27. The van der Waals surface area contributed by atoms with Crippen LogP contribution in [-0.4, -0.2) is 44.5 Å². The zero-order chi connectivity index (χ0) is 21.3. The summed E-state index contributed by atoms with van der Waals surface area (Å²) in [6.07, 6.45) is -2.98. The number of methoxy groups -OCH3 is 2. The minimum Gasteiger partial charge on any atom is -0.493 e. The molecular formula is C19H23F3N4O3. The van der Waals surface area contributed by atoms with Crippen LogP contribution in [0.2, 0.25) is 0 Å². The van der Waals surface area contributed by atoms with Crippen molar-refractivity contribution in [2.24, 2.45) is 4.99 Å². The molecule has 2 N–H and O–H groups in total. The van der Waals surface area contributed by atoms with Crippen LogP contribution in [-0.2, 0) is 6.54 Å². The van der Waals surface area contributed by atoms with Gasteiger partial charge in [-0.3, -0.25) is 0 Å². The van der Waals surface area contributed by atoms with E-state index in [-0.39, 0.29) is 12.4 Å². The maximum absolute atomic E-state index is 12.2. The van der Waals surface area contributed by atoms with E-state index in [4.69, 9.17) is 9.47 Å². The summed E-state index contributed by atoms with van der Waals surface area (Å²) >= 11 is 0. The third-order valence-electron chi connectivity index (χ3n) is 3.59. The van der Waals surface area contributed by atoms with Gasteiger partial charge in [-0.25, -0.2) is 9.98 Å². The second-order valence-corrected chi connectivity index (χ2v) is 5.80. The van der Waals surface area contributed by atoms with Crippen molar-refractivity contribution in [2.75, 3.05) is 32.7 Å². The van der Waals surface area contributed by atoms with Crippen LogP contribution in [0.25, 0.3) is 0 Å². The molecular weight excluding hydrogens is 389 g/mol. The number of nitrogens with zero attached hydrogens (tertiary/aromatic N) is 2. The van der Waals surface area contributed by atoms with Gasteiger partial charge in [0.1, 0.15) is 0 Å². The van der Waals surface area contributed by atoms with Crippen LogP contribution >= 0.6 is 0 Å². The molecule has 1 aromatic carbocycles. The molecule has 0 unspecified atom stereocenters. The maximum Gasteiger partial charge on any atom is 0.422 e. The Bertz CT molecular complexity index is 811. The molecule has 0 aliphatic heterocycles. The van der Waals surface area contributed by atoms with E-state index in [0.29, 0.717) is 29.6 Å². The lowest BCUT2D eigenvalue weighted by Crippen LogP contribution is -2.30. The van der Waals surface area contributed by atoms with Crippen LogP contribution in [0.5, 0.6) is 17.4 Å². The highest BCUT2D eigenvalue weighted by Gasteiger charge is 2.28. The van der Waals surface area contributed by atoms with E-state index in [9.17, 15) is 13.2 Å². The monoisotopic (exact) mass is 412 g/mol. The number of aliphatic imine (C=N–C) groups is 1. The Balaban J connectivity index is 2.03. The third-order valence-corrected chi connectivity index (χ3v) is 3.59. The number of aromatic nitrogens is 1. The van der Waals surface area contributed by atoms with E-state index in [1.807, 2.05) is 13.0 Å². The second kappa shape index (κ2) is 10.4. The molecule has 0 radical (unpaired) electrons. The fourth-order valence-corrected chi connectivity index (χ4v) is 2.27. The van der Waals surface area contributed by atoms with Gasteiger partial charge in [-0.2, -0.15) is 13.2 Å². The lowest BCUT2D eigenvalue weighted by atomic mass is 10.2. The molecule has 7 nitrogen and oxygen atoms in total. The molecule has 0 fully saturated rings. The van der Waals surface area contributed by atoms with E-state index >= 15 is 0 Å². The molecule has 1 aromatic heterocycles. The molecule has 29 heavy (non-hydrogen) atoms. The number of pyridine rings is 1. The van der Waals surface area contributed by atoms with Crippen molar-refractivity contribution >= 4 is 11.6 Å². The number of halogens is 3. The summed E-state index contributed by atoms with van der Waals surface area (Å²) in [4.78, 5) is 8.32. The van der Waals surface area contributed by atoms with Crippen LogP contribution in [0.15, 0.2) is 41.5 Å². The first-order valence-electron chi connectivity index (χ1n) is 8.76. The Labute approximate surface area is 166 Å². The summed E-state index contributed by atoms with van der Waals surface area (Å²) in [6, 6.07) is 8.37. The van der Waals surface area contributed by atoms with Gasteiger partial charge in [0.25, 0.3) is 0 Å². The van der Waals surface area contributed by atoms with Crippen LogP contribution in [0, 0.1) is 0 Å². The van der Waals surface area contributed by atoms with Gasteiger partial charge < -0.3 is 24.8 Å². The van der Waals surface area contributed by atoms with E-state index in [0.717, 1.165) is 5.69 Å². The van der Waals surface area contributed by atoms with Crippen molar-refractivity contribution in [3.05, 3.63) is 42.1 Å². The van der Waals surface area contributed by atoms with Gasteiger partial charge in [0.2, 0.25) is 5.88 Å². The Kier molecular flexibility index (Phi) is 7.93. The summed E-state index contributed by atoms with van der Waals surface area (Å²) in [5, 5.41) is 6.27. The lowest BCUT2D eigenvalue weighted by molar-refractivity contribution is -0.154. The molecule has 0 atom stereocenters. The van der Waals surface area contributed by atoms with E-state index in [2.05, 4.69) is 25.3 Å². The summed E-state index contributed by atoms with van der Waals surface area (Å²) in [6.45, 7) is 1.47. The van der Waals surface area contributed by atoms with Crippen LogP contribution in [0.4, 0.5) is 18.9 Å². The van der Waals surface area contributed by atoms with E-state index in [1.54, 1.807) is 32.4 Å². The third kappa shape index (κ3) is 7.40. The Morgan fingerprint density at radius 3 is 2.45 bits per heavy atom. The predicted octanol–water partition coefficient (Wildman–Crippen LogP) is 3.62. The zero-order valence-electron chi connectivity index (χ0n) is 16.3. The predicted molar refractivity (Wildman–Crippen MR) is 104 cm³/mol. The van der Waals surface area contributed by atoms with E-state index in [1.165, 1.54) is 12.3 Å². The number of benzene rings is 1. The second-order valence-electron chi connectivity index (χ2n) is 5.80. The first kappa shape index (κ1) is 22.1. The average Bonchev–Trinajstić information content (AvgIpc) is 2.70. The van der Waals surface area contributed by atoms with Crippen molar-refractivity contribution < 1.29 is 27.4 Å². The minimum absolute atomic E-state index is 0.0922. The standard InChI is InChI=1S/C19H23F3N4O3/c1-4-23-18(26-14-6-7-15(27-2)16(9-14)28-3)25-11-13-5-8-17(24-10-13)29-12-19(20,21)22/h5-10H,4,11-12H2,1-3H3,(H2,23,25,26). The average molecular weight is 412 g/mol. The van der Waals surface area contributed by atoms with Crippen molar-refractivity contribution in [3.63, 3.8) is 0 Å². The van der Waals surface area contributed by atoms with Crippen LogP contribution in [0.1, 0.15) is 12.5 Å². The van der Waals surface area contributed by atoms with Crippen molar-refractivity contribution in [3.8, 4) is 17.4 Å². The number of hydrogen-bond acceptors (Lipinski definition) is 5. The Morgan fingerprint density at radius 1 is 1.10 bits per heavy atom. The molecule has 0 saturated heterocycles. The molecule has 0 aliphatic carbocycles. The summed E-state index contributed by atoms with van der Waals surface area (Å²) in [7, 11) is 3.11. The minimum atomic E-state index is -4.40. The number of ether oxygens (including phenoxy) is 3. The van der Waals surface area contributed by atoms with Crippen molar-refractivity contribution in [2.45, 2.75) is 19.6 Å². The molecule has 2 rings (SSSR count). The van der Waals surface area contributed by atoms with Crippen LogP contribution in [0.3, 0.4) is 0 Å². The number of rotatable bonds is 8. The van der Waals surface area contributed by atoms with Gasteiger partial charge in [-0.1, -0.05) is 6.07 Å². The van der Waals surface area contributed by atoms with Gasteiger partial charge in [0.15, 0.2) is 24.1 Å². The summed E-state index contributed by atoms with van der Waals surface area (Å²) in [5.74, 6) is 1.62. The number of hydrogen-bond donors (Lipinski definition) is 2. The molecule has 0 amide bonds. The van der Waals surface area contributed by atoms with Gasteiger partial charge in [0.05, 0.1) is 20.8 Å². The Hall–Kier alpha value is -3.17. The fraction of sp³-hybridized carbons (Fsp3) is 0.368. The largest absolute Gasteiger partial charge is 0.493 e. The summed E-state index contributed by atoms with van der Waals surface area (Å²) in [5.41, 5.74) is 1.46. The number of nitrogens with one attached hydrogen (secondary N) is 2. The SMILES string of the molecule is CCNC(=NCc1ccc(OCC(F)(F)F)nc1)Nc1ccc(OC)c(OC)c1. The first-order chi connectivity index (χ1) is 13.8. The topological polar surface area (TPSA) is 77.0 Å². The number of guanidine groups is 1. The van der Waals surface area contributed by atoms with Crippen molar-refractivity contribution in [1.82, 2.24) is 10.3 Å². The maximum atomic E-state index is 12.2. The van der Waals surface area contributed by atoms with Crippen molar-refractivity contribution in [1.29, 1.82) is 0 Å².